The molecule has 2 aromatic rings. The second kappa shape index (κ2) is 8.95. The Labute approximate surface area is 193 Å². The zero-order valence-electron chi connectivity index (χ0n) is 18.5. The molecule has 4 rings (SSSR count). The van der Waals surface area contributed by atoms with Crippen molar-refractivity contribution in [2.45, 2.75) is 24.8 Å². The Hall–Kier alpha value is -3.24. The molecule has 2 aromatic carbocycles. The van der Waals surface area contributed by atoms with Crippen molar-refractivity contribution >= 4 is 33.6 Å². The average Bonchev–Trinajstić information content (AvgIpc) is 3.03. The van der Waals surface area contributed by atoms with Crippen LogP contribution in [0, 0.1) is 6.92 Å². The Bertz CT molecular complexity index is 1160. The minimum Gasteiger partial charge on any atom is -0.338 e. The topological polar surface area (TPSA) is 98.3 Å². The van der Waals surface area contributed by atoms with Crippen LogP contribution in [0.3, 0.4) is 0 Å². The number of amides is 4. The fourth-order valence-corrected chi connectivity index (χ4v) is 5.51. The molecule has 4 amide bonds. The monoisotopic (exact) mass is 470 g/mol. The molecule has 0 saturated carbocycles. The zero-order chi connectivity index (χ0) is 23.8. The summed E-state index contributed by atoms with van der Waals surface area (Å²) in [6.45, 7) is 3.89. The van der Waals surface area contributed by atoms with Gasteiger partial charge in [0.1, 0.15) is 12.6 Å². The molecule has 174 valence electrons. The van der Waals surface area contributed by atoms with E-state index in [9.17, 15) is 22.8 Å². The van der Waals surface area contributed by atoms with Crippen molar-refractivity contribution in [2.24, 2.45) is 0 Å². The van der Waals surface area contributed by atoms with E-state index in [4.69, 9.17) is 0 Å². The van der Waals surface area contributed by atoms with Crippen molar-refractivity contribution in [2.75, 3.05) is 37.6 Å². The molecule has 0 unspecified atom stereocenters. The first-order chi connectivity index (χ1) is 15.7. The lowest BCUT2D eigenvalue weighted by atomic mass is 10.2. The summed E-state index contributed by atoms with van der Waals surface area (Å²) in [5, 5.41) is 0. The van der Waals surface area contributed by atoms with E-state index < -0.39 is 28.0 Å². The van der Waals surface area contributed by atoms with Crippen LogP contribution in [0.2, 0.25) is 0 Å². The molecule has 10 heteroatoms. The van der Waals surface area contributed by atoms with Crippen LogP contribution in [-0.2, 0) is 19.6 Å². The summed E-state index contributed by atoms with van der Waals surface area (Å²) in [6, 6.07) is 14.2. The van der Waals surface area contributed by atoms with Gasteiger partial charge in [0, 0.05) is 31.9 Å². The van der Waals surface area contributed by atoms with Gasteiger partial charge in [0.05, 0.1) is 4.90 Å². The number of rotatable bonds is 5. The highest BCUT2D eigenvalue weighted by Crippen LogP contribution is 2.26. The number of sulfonamides is 1. The normalized spacial score (nSPS) is 19.9. The van der Waals surface area contributed by atoms with Gasteiger partial charge in [-0.25, -0.2) is 13.2 Å². The van der Waals surface area contributed by atoms with Crippen LogP contribution in [0.15, 0.2) is 59.5 Å². The summed E-state index contributed by atoms with van der Waals surface area (Å²) in [4.78, 5) is 42.6. The van der Waals surface area contributed by atoms with Crippen molar-refractivity contribution in [3.63, 3.8) is 0 Å². The maximum absolute atomic E-state index is 12.9. The van der Waals surface area contributed by atoms with Crippen molar-refractivity contribution in [1.82, 2.24) is 14.1 Å². The van der Waals surface area contributed by atoms with E-state index in [1.54, 1.807) is 49.4 Å². The van der Waals surface area contributed by atoms with E-state index in [-0.39, 0.29) is 43.5 Å². The molecule has 2 saturated heterocycles. The highest BCUT2D eigenvalue weighted by Gasteiger charge is 2.44. The summed E-state index contributed by atoms with van der Waals surface area (Å²) in [5.74, 6) is -0.814. The maximum atomic E-state index is 12.9. The number of urea groups is 1. The quantitative estimate of drug-likeness (QED) is 0.620. The molecule has 2 fully saturated rings. The van der Waals surface area contributed by atoms with Gasteiger partial charge in [0.2, 0.25) is 15.9 Å². The third-order valence-electron chi connectivity index (χ3n) is 6.03. The lowest BCUT2D eigenvalue weighted by Gasteiger charge is -2.34. The van der Waals surface area contributed by atoms with E-state index in [0.29, 0.717) is 5.69 Å². The van der Waals surface area contributed by atoms with Crippen molar-refractivity contribution in [3.05, 3.63) is 60.2 Å². The van der Waals surface area contributed by atoms with Gasteiger partial charge >= 0.3 is 6.03 Å². The summed E-state index contributed by atoms with van der Waals surface area (Å²) in [6.07, 6.45) is 0. The number of carbonyl (C=O) groups is 3. The lowest BCUT2D eigenvalue weighted by molar-refractivity contribution is -0.137. The number of piperazine rings is 1. The van der Waals surface area contributed by atoms with Gasteiger partial charge in [0.25, 0.3) is 5.91 Å². The highest BCUT2D eigenvalue weighted by atomic mass is 32.2. The molecule has 2 aliphatic rings. The van der Waals surface area contributed by atoms with Gasteiger partial charge in [-0.1, -0.05) is 35.9 Å². The SMILES string of the molecule is Cc1ccc(N2C(=O)N(CC(=O)N3CCN(S(=O)(=O)c4ccccc4)CC3)C(=O)[C@H]2C)cc1. The fourth-order valence-electron chi connectivity index (χ4n) is 4.07. The highest BCUT2D eigenvalue weighted by molar-refractivity contribution is 7.89. The predicted molar refractivity (Wildman–Crippen MR) is 122 cm³/mol. The first-order valence-electron chi connectivity index (χ1n) is 10.7. The molecule has 0 N–H and O–H groups in total. The van der Waals surface area contributed by atoms with Crippen LogP contribution in [0.1, 0.15) is 12.5 Å². The minimum absolute atomic E-state index is 0.150. The Morgan fingerprint density at radius 1 is 0.939 bits per heavy atom. The van der Waals surface area contributed by atoms with Crippen molar-refractivity contribution < 1.29 is 22.8 Å². The van der Waals surface area contributed by atoms with E-state index in [1.807, 2.05) is 19.1 Å². The number of carbonyl (C=O) groups excluding carboxylic acids is 3. The van der Waals surface area contributed by atoms with E-state index in [0.717, 1.165) is 10.5 Å². The second-order valence-corrected chi connectivity index (χ2v) is 10.1. The zero-order valence-corrected chi connectivity index (χ0v) is 19.4. The van der Waals surface area contributed by atoms with Gasteiger partial charge in [0.15, 0.2) is 0 Å². The Morgan fingerprint density at radius 2 is 1.55 bits per heavy atom. The molecule has 0 aromatic heterocycles. The number of aryl methyl sites for hydroxylation is 1. The number of benzene rings is 2. The van der Waals surface area contributed by atoms with Gasteiger partial charge < -0.3 is 4.90 Å². The molecule has 0 aliphatic carbocycles. The number of anilines is 1. The van der Waals surface area contributed by atoms with Crippen LogP contribution in [0.25, 0.3) is 0 Å². The third kappa shape index (κ3) is 4.36. The number of nitrogens with zero attached hydrogens (tertiary/aromatic N) is 4. The smallest absolute Gasteiger partial charge is 0.332 e. The molecule has 2 aliphatic heterocycles. The van der Waals surface area contributed by atoms with E-state index in [2.05, 4.69) is 0 Å². The summed E-state index contributed by atoms with van der Waals surface area (Å²) in [5.41, 5.74) is 1.63. The Morgan fingerprint density at radius 3 is 2.15 bits per heavy atom. The Balaban J connectivity index is 1.39. The minimum atomic E-state index is -3.63. The van der Waals surface area contributed by atoms with E-state index >= 15 is 0 Å². The number of hydrogen-bond donors (Lipinski definition) is 0. The largest absolute Gasteiger partial charge is 0.338 e. The Kier molecular flexibility index (Phi) is 6.22. The molecular formula is C23H26N4O5S. The number of imide groups is 1. The summed E-state index contributed by atoms with van der Waals surface area (Å²) in [7, 11) is -3.63. The van der Waals surface area contributed by atoms with Gasteiger partial charge in [-0.2, -0.15) is 4.31 Å². The van der Waals surface area contributed by atoms with Gasteiger partial charge in [-0.3, -0.25) is 19.4 Å². The van der Waals surface area contributed by atoms with Crippen LogP contribution < -0.4 is 4.90 Å². The molecule has 0 bridgehead atoms. The summed E-state index contributed by atoms with van der Waals surface area (Å²) < 4.78 is 26.9. The molecule has 0 radical (unpaired) electrons. The standard InChI is InChI=1S/C23H26N4O5S/c1-17-8-10-19(11-9-17)27-18(2)22(29)26(23(27)30)16-21(28)24-12-14-25(15-13-24)33(31,32)20-6-4-3-5-7-20/h3-11,18H,12-16H2,1-2H3/t18-/m1/s1. The first kappa shape index (κ1) is 22.9. The first-order valence-corrected chi connectivity index (χ1v) is 12.2. The maximum Gasteiger partial charge on any atom is 0.332 e. The third-order valence-corrected chi connectivity index (χ3v) is 7.94. The molecule has 1 atom stereocenters. The fraction of sp³-hybridized carbons (Fsp3) is 0.348. The predicted octanol–water partition coefficient (Wildman–Crippen LogP) is 1.69. The van der Waals surface area contributed by atoms with Crippen LogP contribution in [0.4, 0.5) is 10.5 Å². The molecule has 9 nitrogen and oxygen atoms in total. The molecule has 2 heterocycles. The average molecular weight is 471 g/mol. The second-order valence-electron chi connectivity index (χ2n) is 8.19. The van der Waals surface area contributed by atoms with Crippen LogP contribution >= 0.6 is 0 Å². The molecular weight excluding hydrogens is 444 g/mol. The lowest BCUT2D eigenvalue weighted by Crippen LogP contribution is -2.53. The van der Waals surface area contributed by atoms with Gasteiger partial charge in [-0.15, -0.1) is 0 Å². The van der Waals surface area contributed by atoms with Gasteiger partial charge in [-0.05, 0) is 38.1 Å². The van der Waals surface area contributed by atoms with E-state index in [1.165, 1.54) is 14.1 Å². The summed E-state index contributed by atoms with van der Waals surface area (Å²) >= 11 is 0. The number of hydrogen-bond acceptors (Lipinski definition) is 5. The van der Waals surface area contributed by atoms with Crippen LogP contribution in [-0.4, -0.2) is 79.1 Å². The molecule has 33 heavy (non-hydrogen) atoms. The molecule has 0 spiro atoms. The van der Waals surface area contributed by atoms with Crippen LogP contribution in [0.5, 0.6) is 0 Å². The van der Waals surface area contributed by atoms with Crippen molar-refractivity contribution in [1.29, 1.82) is 0 Å². The van der Waals surface area contributed by atoms with Crippen molar-refractivity contribution in [3.8, 4) is 0 Å².